The van der Waals surface area contributed by atoms with Crippen LogP contribution >= 0.6 is 0 Å². The van der Waals surface area contributed by atoms with Crippen molar-refractivity contribution in [1.29, 1.82) is 0 Å². The molecule has 1 fully saturated rings. The van der Waals surface area contributed by atoms with Crippen LogP contribution in [0.1, 0.15) is 33.1 Å². The van der Waals surface area contributed by atoms with Gasteiger partial charge >= 0.3 is 0 Å². The summed E-state index contributed by atoms with van der Waals surface area (Å²) in [6.45, 7) is 3.49. The predicted octanol–water partition coefficient (Wildman–Crippen LogP) is -0.277. The summed E-state index contributed by atoms with van der Waals surface area (Å²) < 4.78 is 5.14. The molecule has 6 nitrogen and oxygen atoms in total. The molecular weight excluding hydrogens is 224 g/mol. The largest absolute Gasteiger partial charge is 0.369 e. The van der Waals surface area contributed by atoms with Crippen molar-refractivity contribution in [3.05, 3.63) is 0 Å². The van der Waals surface area contributed by atoms with Crippen LogP contribution < -0.4 is 10.6 Å². The van der Waals surface area contributed by atoms with Crippen molar-refractivity contribution in [3.63, 3.8) is 0 Å². The van der Waals surface area contributed by atoms with Gasteiger partial charge in [-0.1, -0.05) is 6.92 Å². The number of piperidine rings is 1. The van der Waals surface area contributed by atoms with E-state index in [4.69, 9.17) is 4.74 Å². The molecular formula is C11H18N2O4. The van der Waals surface area contributed by atoms with Crippen LogP contribution in [-0.4, -0.2) is 36.5 Å². The predicted molar refractivity (Wildman–Crippen MR) is 60.0 cm³/mol. The van der Waals surface area contributed by atoms with Gasteiger partial charge in [-0.05, 0) is 19.8 Å². The molecule has 1 heterocycles. The minimum atomic E-state index is -0.943. The van der Waals surface area contributed by atoms with Gasteiger partial charge in [0.05, 0.1) is 0 Å². The minimum absolute atomic E-state index is 0.243. The first-order valence-corrected chi connectivity index (χ1v) is 5.62. The Bertz CT molecular complexity index is 336. The van der Waals surface area contributed by atoms with E-state index in [0.717, 1.165) is 0 Å². The summed E-state index contributed by atoms with van der Waals surface area (Å²) in [7, 11) is 1.45. The Morgan fingerprint density at radius 2 is 2.24 bits per heavy atom. The highest BCUT2D eigenvalue weighted by Crippen LogP contribution is 2.15. The second kappa shape index (κ2) is 5.27. The molecule has 1 aliphatic heterocycles. The molecule has 2 unspecified atom stereocenters. The highest BCUT2D eigenvalue weighted by Gasteiger charge is 2.35. The van der Waals surface area contributed by atoms with Crippen molar-refractivity contribution in [2.45, 2.75) is 44.8 Å². The van der Waals surface area contributed by atoms with Crippen molar-refractivity contribution in [2.75, 3.05) is 7.11 Å². The Labute approximate surface area is 100 Å². The summed E-state index contributed by atoms with van der Waals surface area (Å²) in [5.41, 5.74) is -0.943. The number of carbonyl (C=O) groups is 3. The van der Waals surface area contributed by atoms with E-state index < -0.39 is 17.6 Å². The lowest BCUT2D eigenvalue weighted by Crippen LogP contribution is -2.56. The molecule has 0 spiro atoms. The summed E-state index contributed by atoms with van der Waals surface area (Å²) in [5, 5.41) is 4.79. The van der Waals surface area contributed by atoms with E-state index in [0.29, 0.717) is 12.8 Å². The third-order valence-electron chi connectivity index (χ3n) is 3.15. The fourth-order valence-electron chi connectivity index (χ4n) is 1.54. The first-order valence-electron chi connectivity index (χ1n) is 5.62. The monoisotopic (exact) mass is 242 g/mol. The Balaban J connectivity index is 2.63. The fraction of sp³-hybridized carbons (Fsp3) is 0.727. The molecule has 0 aromatic heterocycles. The summed E-state index contributed by atoms with van der Waals surface area (Å²) in [4.78, 5) is 34.3. The summed E-state index contributed by atoms with van der Waals surface area (Å²) in [6.07, 6.45) is 1.08. The molecule has 96 valence electrons. The third kappa shape index (κ3) is 3.03. The van der Waals surface area contributed by atoms with Crippen LogP contribution in [0.4, 0.5) is 0 Å². The number of nitrogens with one attached hydrogen (secondary N) is 2. The average Bonchev–Trinajstić information content (AvgIpc) is 2.31. The molecule has 0 aliphatic carbocycles. The number of methoxy groups -OCH3 is 1. The first-order chi connectivity index (χ1) is 7.92. The van der Waals surface area contributed by atoms with Crippen molar-refractivity contribution in [3.8, 4) is 0 Å². The number of hydrogen-bond acceptors (Lipinski definition) is 4. The summed E-state index contributed by atoms with van der Waals surface area (Å²) in [5.74, 6) is -1.09. The van der Waals surface area contributed by atoms with Crippen LogP contribution in [0, 0.1) is 0 Å². The molecule has 1 aliphatic rings. The average molecular weight is 242 g/mol. The van der Waals surface area contributed by atoms with Gasteiger partial charge in [0.2, 0.25) is 11.8 Å². The van der Waals surface area contributed by atoms with Gasteiger partial charge in [0.1, 0.15) is 11.6 Å². The Kier molecular flexibility index (Phi) is 4.22. The molecule has 3 amide bonds. The summed E-state index contributed by atoms with van der Waals surface area (Å²) in [6, 6.07) is -0.652. The van der Waals surface area contributed by atoms with Gasteiger partial charge in [-0.2, -0.15) is 0 Å². The van der Waals surface area contributed by atoms with Gasteiger partial charge < -0.3 is 10.1 Å². The van der Waals surface area contributed by atoms with Gasteiger partial charge in [0, 0.05) is 13.5 Å². The Hall–Kier alpha value is -1.43. The smallest absolute Gasteiger partial charge is 0.252 e. The lowest BCUT2D eigenvalue weighted by Gasteiger charge is -2.29. The second-order valence-electron chi connectivity index (χ2n) is 4.27. The van der Waals surface area contributed by atoms with E-state index in [1.165, 1.54) is 7.11 Å². The quantitative estimate of drug-likeness (QED) is 0.664. The van der Waals surface area contributed by atoms with Gasteiger partial charge in [-0.25, -0.2) is 0 Å². The number of carbonyl (C=O) groups excluding carboxylic acids is 3. The maximum Gasteiger partial charge on any atom is 0.252 e. The van der Waals surface area contributed by atoms with Gasteiger partial charge in [0.15, 0.2) is 0 Å². The fourth-order valence-corrected chi connectivity index (χ4v) is 1.54. The number of rotatable bonds is 4. The molecule has 17 heavy (non-hydrogen) atoms. The van der Waals surface area contributed by atoms with E-state index in [9.17, 15) is 14.4 Å². The molecule has 0 aromatic rings. The van der Waals surface area contributed by atoms with E-state index in [-0.39, 0.29) is 18.2 Å². The van der Waals surface area contributed by atoms with Crippen LogP contribution in [0.2, 0.25) is 0 Å². The van der Waals surface area contributed by atoms with Crippen molar-refractivity contribution in [1.82, 2.24) is 10.6 Å². The maximum atomic E-state index is 11.9. The van der Waals surface area contributed by atoms with Gasteiger partial charge in [-0.3, -0.25) is 19.7 Å². The van der Waals surface area contributed by atoms with Crippen molar-refractivity contribution in [2.24, 2.45) is 0 Å². The molecule has 6 heteroatoms. The Morgan fingerprint density at radius 1 is 1.59 bits per heavy atom. The topological polar surface area (TPSA) is 84.5 Å². The zero-order chi connectivity index (χ0) is 13.1. The molecule has 2 N–H and O–H groups in total. The lowest BCUT2D eigenvalue weighted by molar-refractivity contribution is -0.146. The van der Waals surface area contributed by atoms with Crippen molar-refractivity contribution >= 4 is 17.7 Å². The van der Waals surface area contributed by atoms with E-state index in [1.54, 1.807) is 6.92 Å². The number of ether oxygens (including phenoxy) is 1. The zero-order valence-electron chi connectivity index (χ0n) is 10.3. The normalized spacial score (nSPS) is 23.8. The highest BCUT2D eigenvalue weighted by molar-refractivity contribution is 6.02. The minimum Gasteiger partial charge on any atom is -0.369 e. The lowest BCUT2D eigenvalue weighted by atomic mass is 10.00. The van der Waals surface area contributed by atoms with Gasteiger partial charge in [-0.15, -0.1) is 0 Å². The number of imide groups is 1. The summed E-state index contributed by atoms with van der Waals surface area (Å²) >= 11 is 0. The van der Waals surface area contributed by atoms with Crippen LogP contribution in [0.5, 0.6) is 0 Å². The molecule has 0 radical (unpaired) electrons. The molecule has 0 aromatic carbocycles. The second-order valence-corrected chi connectivity index (χ2v) is 4.27. The van der Waals surface area contributed by atoms with E-state index in [1.807, 2.05) is 6.92 Å². The SMILES string of the molecule is CCC(C)(OC)C(=O)NC1CCC(=O)NC1=O. The number of hydrogen-bond donors (Lipinski definition) is 2. The molecule has 1 rings (SSSR count). The van der Waals surface area contributed by atoms with Crippen molar-refractivity contribution < 1.29 is 19.1 Å². The van der Waals surface area contributed by atoms with Gasteiger partial charge in [0.25, 0.3) is 5.91 Å². The molecule has 0 saturated carbocycles. The molecule has 2 atom stereocenters. The zero-order valence-corrected chi connectivity index (χ0v) is 10.3. The number of amides is 3. The highest BCUT2D eigenvalue weighted by atomic mass is 16.5. The van der Waals surface area contributed by atoms with E-state index >= 15 is 0 Å². The Morgan fingerprint density at radius 3 is 2.71 bits per heavy atom. The maximum absolute atomic E-state index is 11.9. The van der Waals surface area contributed by atoms with Crippen LogP contribution in [0.25, 0.3) is 0 Å². The van der Waals surface area contributed by atoms with Crippen LogP contribution in [0.15, 0.2) is 0 Å². The molecule has 0 bridgehead atoms. The first kappa shape index (κ1) is 13.6. The van der Waals surface area contributed by atoms with Crippen LogP contribution in [-0.2, 0) is 19.1 Å². The van der Waals surface area contributed by atoms with Crippen LogP contribution in [0.3, 0.4) is 0 Å². The third-order valence-corrected chi connectivity index (χ3v) is 3.15. The standard InChI is InChI=1S/C11H18N2O4/c1-4-11(2,17-3)10(16)12-7-5-6-8(14)13-9(7)15/h7H,4-6H2,1-3H3,(H,12,16)(H,13,14,15). The molecule has 1 saturated heterocycles. The van der Waals surface area contributed by atoms with E-state index in [2.05, 4.69) is 10.6 Å².